The van der Waals surface area contributed by atoms with E-state index in [9.17, 15) is 4.39 Å². The fraction of sp³-hybridized carbons (Fsp3) is 0.0870. The summed E-state index contributed by atoms with van der Waals surface area (Å²) in [5.41, 5.74) is 7.17. The largest absolute Gasteiger partial charge is 0.247 e. The Balaban J connectivity index is 2.08. The summed E-state index contributed by atoms with van der Waals surface area (Å²) in [5.74, 6) is -0.266. The lowest BCUT2D eigenvalue weighted by atomic mass is 9.92. The van der Waals surface area contributed by atoms with E-state index in [0.29, 0.717) is 5.52 Å². The molecule has 0 fully saturated rings. The van der Waals surface area contributed by atoms with Gasteiger partial charge in [-0.2, -0.15) is 0 Å². The lowest BCUT2D eigenvalue weighted by Crippen LogP contribution is -1.96. The third-order valence-electron chi connectivity index (χ3n) is 4.58. The fourth-order valence-corrected chi connectivity index (χ4v) is 3.30. The maximum atomic E-state index is 13.8. The van der Waals surface area contributed by atoms with E-state index in [4.69, 9.17) is 4.98 Å². The van der Waals surface area contributed by atoms with Crippen molar-refractivity contribution in [3.05, 3.63) is 89.7 Å². The molecule has 0 spiro atoms. The number of rotatable bonds is 2. The van der Waals surface area contributed by atoms with E-state index < -0.39 is 0 Å². The average Bonchev–Trinajstić information content (AvgIpc) is 2.63. The summed E-state index contributed by atoms with van der Waals surface area (Å²) in [7, 11) is 0. The molecule has 3 aromatic carbocycles. The molecule has 1 nitrogen and oxygen atoms in total. The highest BCUT2D eigenvalue weighted by molar-refractivity contribution is 5.99. The van der Waals surface area contributed by atoms with Gasteiger partial charge in [-0.25, -0.2) is 9.37 Å². The van der Waals surface area contributed by atoms with Crippen LogP contribution in [0.4, 0.5) is 4.39 Å². The van der Waals surface area contributed by atoms with Crippen LogP contribution in [0.15, 0.2) is 72.8 Å². The monoisotopic (exact) mass is 327 g/mol. The lowest BCUT2D eigenvalue weighted by molar-refractivity contribution is 0.629. The van der Waals surface area contributed by atoms with E-state index in [-0.39, 0.29) is 5.82 Å². The van der Waals surface area contributed by atoms with Crippen LogP contribution in [-0.4, -0.2) is 4.98 Å². The summed E-state index contributed by atoms with van der Waals surface area (Å²) in [5, 5.41) is 0.973. The Kier molecular flexibility index (Phi) is 3.81. The van der Waals surface area contributed by atoms with E-state index in [1.54, 1.807) is 0 Å². The number of halogens is 1. The Morgan fingerprint density at radius 1 is 0.760 bits per heavy atom. The van der Waals surface area contributed by atoms with E-state index in [1.807, 2.05) is 24.3 Å². The summed E-state index contributed by atoms with van der Waals surface area (Å²) < 4.78 is 13.8. The van der Waals surface area contributed by atoms with Crippen LogP contribution in [0.25, 0.3) is 33.3 Å². The second kappa shape index (κ2) is 6.14. The molecule has 0 atom stereocenters. The highest BCUT2D eigenvalue weighted by atomic mass is 19.1. The van der Waals surface area contributed by atoms with Crippen molar-refractivity contribution in [1.82, 2.24) is 4.98 Å². The predicted molar refractivity (Wildman–Crippen MR) is 102 cm³/mol. The van der Waals surface area contributed by atoms with Crippen molar-refractivity contribution in [2.75, 3.05) is 0 Å². The van der Waals surface area contributed by atoms with Gasteiger partial charge in [0.15, 0.2) is 0 Å². The first-order valence-electron chi connectivity index (χ1n) is 8.36. The predicted octanol–water partition coefficient (Wildman–Crippen LogP) is 6.32. The molecule has 0 aliphatic rings. The number of aromatic nitrogens is 1. The summed E-state index contributed by atoms with van der Waals surface area (Å²) >= 11 is 0. The number of aryl methyl sites for hydroxylation is 1. The van der Waals surface area contributed by atoms with Gasteiger partial charge in [0.05, 0.1) is 11.2 Å². The SMILES string of the molecule is Cc1ccc(-c2nc3cc(F)ccc3c(-c3ccccc3)c2C)cc1. The van der Waals surface area contributed by atoms with E-state index in [2.05, 4.69) is 50.2 Å². The molecule has 1 aromatic heterocycles. The molecule has 0 aliphatic carbocycles. The Labute approximate surface area is 146 Å². The van der Waals surface area contributed by atoms with Gasteiger partial charge in [0.1, 0.15) is 5.82 Å². The zero-order valence-electron chi connectivity index (χ0n) is 14.3. The summed E-state index contributed by atoms with van der Waals surface area (Å²) in [4.78, 5) is 4.78. The van der Waals surface area contributed by atoms with Gasteiger partial charge in [0.25, 0.3) is 0 Å². The van der Waals surface area contributed by atoms with Crippen molar-refractivity contribution >= 4 is 10.9 Å². The highest BCUT2D eigenvalue weighted by Crippen LogP contribution is 2.36. The molecule has 4 aromatic rings. The first kappa shape index (κ1) is 15.5. The van der Waals surface area contributed by atoms with Crippen LogP contribution in [0.3, 0.4) is 0 Å². The topological polar surface area (TPSA) is 12.9 Å². The van der Waals surface area contributed by atoms with Crippen molar-refractivity contribution in [1.29, 1.82) is 0 Å². The number of benzene rings is 3. The van der Waals surface area contributed by atoms with Crippen molar-refractivity contribution < 1.29 is 4.39 Å². The summed E-state index contributed by atoms with van der Waals surface area (Å²) in [6, 6.07) is 23.4. The third-order valence-corrected chi connectivity index (χ3v) is 4.58. The second-order valence-electron chi connectivity index (χ2n) is 6.35. The molecule has 2 heteroatoms. The summed E-state index contributed by atoms with van der Waals surface area (Å²) in [6.07, 6.45) is 0. The van der Waals surface area contributed by atoms with Gasteiger partial charge < -0.3 is 0 Å². The maximum Gasteiger partial charge on any atom is 0.125 e. The zero-order valence-corrected chi connectivity index (χ0v) is 14.3. The Morgan fingerprint density at radius 2 is 1.48 bits per heavy atom. The van der Waals surface area contributed by atoms with Crippen molar-refractivity contribution in [3.63, 3.8) is 0 Å². The molecule has 0 aliphatic heterocycles. The maximum absolute atomic E-state index is 13.8. The smallest absolute Gasteiger partial charge is 0.125 e. The first-order valence-corrected chi connectivity index (χ1v) is 8.36. The molecule has 0 N–H and O–H groups in total. The van der Waals surface area contributed by atoms with Crippen LogP contribution in [0.5, 0.6) is 0 Å². The highest BCUT2D eigenvalue weighted by Gasteiger charge is 2.15. The normalized spacial score (nSPS) is 11.0. The van der Waals surface area contributed by atoms with Crippen LogP contribution < -0.4 is 0 Å². The van der Waals surface area contributed by atoms with Gasteiger partial charge in [-0.05, 0) is 42.7 Å². The van der Waals surface area contributed by atoms with Gasteiger partial charge in [0.2, 0.25) is 0 Å². The molecule has 1 heterocycles. The van der Waals surface area contributed by atoms with Crippen molar-refractivity contribution in [2.45, 2.75) is 13.8 Å². The molecular weight excluding hydrogens is 309 g/mol. The number of hydrogen-bond acceptors (Lipinski definition) is 1. The minimum Gasteiger partial charge on any atom is -0.247 e. The van der Waals surface area contributed by atoms with E-state index in [0.717, 1.165) is 33.3 Å². The standard InChI is InChI=1S/C23H18FN/c1-15-8-10-18(11-9-15)23-16(2)22(17-6-4-3-5-7-17)20-13-12-19(24)14-21(20)25-23/h3-14H,1-2H3. The Morgan fingerprint density at radius 3 is 2.20 bits per heavy atom. The number of pyridine rings is 1. The molecular formula is C23H18FN. The van der Waals surface area contributed by atoms with Gasteiger partial charge >= 0.3 is 0 Å². The van der Waals surface area contributed by atoms with Crippen molar-refractivity contribution in [2.24, 2.45) is 0 Å². The number of nitrogens with zero attached hydrogens (tertiary/aromatic N) is 1. The molecule has 0 saturated heterocycles. The molecule has 0 amide bonds. The van der Waals surface area contributed by atoms with Crippen molar-refractivity contribution in [3.8, 4) is 22.4 Å². The van der Waals surface area contributed by atoms with Gasteiger partial charge in [-0.15, -0.1) is 0 Å². The van der Waals surface area contributed by atoms with Crippen LogP contribution >= 0.6 is 0 Å². The molecule has 122 valence electrons. The number of hydrogen-bond donors (Lipinski definition) is 0. The Hall–Kier alpha value is -3.00. The quantitative estimate of drug-likeness (QED) is 0.419. The van der Waals surface area contributed by atoms with Crippen LogP contribution in [0, 0.1) is 19.7 Å². The van der Waals surface area contributed by atoms with Crippen LogP contribution in [0.1, 0.15) is 11.1 Å². The lowest BCUT2D eigenvalue weighted by Gasteiger charge is -2.15. The molecule has 0 unspecified atom stereocenters. The van der Waals surface area contributed by atoms with Gasteiger partial charge in [-0.3, -0.25) is 0 Å². The van der Waals surface area contributed by atoms with Gasteiger partial charge in [0, 0.05) is 17.0 Å². The fourth-order valence-electron chi connectivity index (χ4n) is 3.30. The molecule has 4 rings (SSSR count). The molecule has 0 radical (unpaired) electrons. The third kappa shape index (κ3) is 2.80. The molecule has 0 bridgehead atoms. The van der Waals surface area contributed by atoms with E-state index >= 15 is 0 Å². The minimum absolute atomic E-state index is 0.266. The molecule has 25 heavy (non-hydrogen) atoms. The summed E-state index contributed by atoms with van der Waals surface area (Å²) in [6.45, 7) is 4.16. The number of fused-ring (bicyclic) bond motifs is 1. The first-order chi connectivity index (χ1) is 12.1. The zero-order chi connectivity index (χ0) is 17.4. The van der Waals surface area contributed by atoms with Crippen LogP contribution in [-0.2, 0) is 0 Å². The van der Waals surface area contributed by atoms with Gasteiger partial charge in [-0.1, -0.05) is 60.2 Å². The average molecular weight is 327 g/mol. The second-order valence-corrected chi connectivity index (χ2v) is 6.35. The van der Waals surface area contributed by atoms with Crippen LogP contribution in [0.2, 0.25) is 0 Å². The molecule has 0 saturated carbocycles. The Bertz CT molecular complexity index is 1050. The minimum atomic E-state index is -0.266. The van der Waals surface area contributed by atoms with E-state index in [1.165, 1.54) is 17.7 Å².